The molecule has 5 N–H and O–H groups in total. The van der Waals surface area contributed by atoms with Gasteiger partial charge >= 0.3 is 16.4 Å². The second-order valence-electron chi connectivity index (χ2n) is 27.5. The largest absolute Gasteiger partial charge is 0.470 e. The Labute approximate surface area is 423 Å². The number of benzene rings is 3. The molecular weight excluding hydrogens is 899 g/mol. The van der Waals surface area contributed by atoms with Crippen LogP contribution in [0.4, 0.5) is 0 Å². The second kappa shape index (κ2) is 21.9. The maximum Gasteiger partial charge on any atom is 0.470 e. The highest BCUT2D eigenvalue weighted by molar-refractivity contribution is 7.46. The minimum Gasteiger partial charge on any atom is -0.396 e. The Kier molecular flexibility index (Phi) is 20.0. The van der Waals surface area contributed by atoms with Crippen LogP contribution in [0.25, 0.3) is 0 Å². The van der Waals surface area contributed by atoms with E-state index in [2.05, 4.69) is 203 Å². The van der Waals surface area contributed by atoms with Crippen LogP contribution in [0.2, 0.25) is 0 Å². The monoisotopic (exact) mass is 999 g/mol. The fourth-order valence-corrected chi connectivity index (χ4v) is 10.9. The molecule has 3 rings (SSSR count). The summed E-state index contributed by atoms with van der Waals surface area (Å²) < 4.78 is 24.2. The van der Waals surface area contributed by atoms with Crippen molar-refractivity contribution in [3.63, 3.8) is 0 Å². The van der Waals surface area contributed by atoms with Crippen molar-refractivity contribution in [2.45, 2.75) is 255 Å². The summed E-state index contributed by atoms with van der Waals surface area (Å²) in [6.07, 6.45) is 1.99. The molecule has 394 valence electrons. The normalized spacial score (nSPS) is 15.2. The lowest BCUT2D eigenvalue weighted by Gasteiger charge is -2.44. The average Bonchev–Trinajstić information content (AvgIpc) is 3.13. The molecule has 0 spiro atoms. The summed E-state index contributed by atoms with van der Waals surface area (Å²) in [5.41, 5.74) is 10.2. The van der Waals surface area contributed by atoms with Crippen molar-refractivity contribution in [2.75, 3.05) is 6.61 Å². The Bertz CT molecular complexity index is 2130. The number of phosphoric ester groups is 1. The molecule has 0 aliphatic rings. The molecule has 3 aromatic rings. The van der Waals surface area contributed by atoms with Crippen LogP contribution in [0.1, 0.15) is 265 Å². The highest BCUT2D eigenvalue weighted by Gasteiger charge is 2.47. The quantitative estimate of drug-likeness (QED) is 0.107. The van der Waals surface area contributed by atoms with Crippen molar-refractivity contribution in [3.05, 3.63) is 103 Å². The lowest BCUT2D eigenvalue weighted by atomic mass is 9.65. The second-order valence-corrected chi connectivity index (χ2v) is 29.4. The predicted molar refractivity (Wildman–Crippen MR) is 294 cm³/mol. The zero-order valence-electron chi connectivity index (χ0n) is 48.4. The minimum atomic E-state index is -4.84. The van der Waals surface area contributed by atoms with Crippen molar-refractivity contribution in [3.8, 4) is 0 Å². The molecule has 0 amide bonds. The van der Waals surface area contributed by atoms with Crippen LogP contribution in [0.3, 0.4) is 0 Å². The minimum absolute atomic E-state index is 0.0119. The number of rotatable bonds is 13. The first-order valence-corrected chi connectivity index (χ1v) is 28.1. The van der Waals surface area contributed by atoms with E-state index in [9.17, 15) is 29.2 Å². The predicted octanol–water partition coefficient (Wildman–Crippen LogP) is 16.3. The zero-order valence-corrected chi connectivity index (χ0v) is 50.2. The molecule has 0 aromatic heterocycles. The number of phosphoric acid groups is 1. The third kappa shape index (κ3) is 15.8. The Morgan fingerprint density at radius 1 is 0.536 bits per heavy atom. The molecule has 8 nitrogen and oxygen atoms in total. The van der Waals surface area contributed by atoms with Gasteiger partial charge in [-0.05, 0) is 138 Å². The molecule has 0 saturated heterocycles. The fraction of sp³-hybridized carbons (Fsp3) is 0.695. The summed E-state index contributed by atoms with van der Waals surface area (Å²) >= 11 is 0. The van der Waals surface area contributed by atoms with E-state index in [1.165, 1.54) is 27.8 Å². The Hall–Kier alpha value is -1.96. The van der Waals surface area contributed by atoms with Gasteiger partial charge in [-0.25, -0.2) is 4.57 Å². The smallest absolute Gasteiger partial charge is 0.396 e. The topological polar surface area (TPSA) is 137 Å². The third-order valence-corrected chi connectivity index (χ3v) is 15.0. The number of hydrogen-bond acceptors (Lipinski definition) is 6. The molecule has 3 aromatic carbocycles. The van der Waals surface area contributed by atoms with Crippen LogP contribution >= 0.6 is 16.4 Å². The zero-order chi connectivity index (χ0) is 54.3. The summed E-state index contributed by atoms with van der Waals surface area (Å²) in [7, 11) is -7.46. The molecule has 0 aliphatic carbocycles. The first-order valence-electron chi connectivity index (χ1n) is 25.4. The maximum atomic E-state index is 12.3. The molecule has 69 heavy (non-hydrogen) atoms. The van der Waals surface area contributed by atoms with Gasteiger partial charge in [-0.2, -0.15) is 0 Å². The van der Waals surface area contributed by atoms with Crippen LogP contribution in [0.5, 0.6) is 0 Å². The van der Waals surface area contributed by atoms with Gasteiger partial charge in [0.1, 0.15) is 11.7 Å². The Balaban J connectivity index is 0.000000476. The van der Waals surface area contributed by atoms with E-state index in [1.54, 1.807) is 0 Å². The van der Waals surface area contributed by atoms with E-state index in [0.717, 1.165) is 51.8 Å². The first-order chi connectivity index (χ1) is 30.6. The van der Waals surface area contributed by atoms with Crippen LogP contribution in [0.15, 0.2) is 36.4 Å². The summed E-state index contributed by atoms with van der Waals surface area (Å²) in [5, 5.41) is 10.7. The van der Waals surface area contributed by atoms with Gasteiger partial charge in [-0.3, -0.25) is 9.05 Å². The van der Waals surface area contributed by atoms with Gasteiger partial charge in [0.25, 0.3) is 0 Å². The van der Waals surface area contributed by atoms with Crippen molar-refractivity contribution < 1.29 is 38.3 Å². The highest BCUT2D eigenvalue weighted by atomic mass is 31.2. The molecule has 0 fully saturated rings. The lowest BCUT2D eigenvalue weighted by molar-refractivity contribution is -0.0302. The molecular formula is C59H100O8P2. The molecule has 0 saturated carbocycles. The van der Waals surface area contributed by atoms with Crippen molar-refractivity contribution in [1.29, 1.82) is 0 Å². The molecule has 0 heterocycles. The number of hydrogen-bond donors (Lipinski definition) is 5. The lowest BCUT2D eigenvalue weighted by Crippen LogP contribution is -2.37. The van der Waals surface area contributed by atoms with Gasteiger partial charge < -0.3 is 24.7 Å². The Morgan fingerprint density at radius 3 is 1.10 bits per heavy atom. The maximum absolute atomic E-state index is 12.3. The van der Waals surface area contributed by atoms with Crippen molar-refractivity contribution in [1.82, 2.24) is 0 Å². The van der Waals surface area contributed by atoms with Crippen LogP contribution < -0.4 is 0 Å². The Morgan fingerprint density at radius 2 is 0.855 bits per heavy atom. The molecule has 0 radical (unpaired) electrons. The van der Waals surface area contributed by atoms with E-state index in [-0.39, 0.29) is 44.5 Å². The number of aliphatic hydroxyl groups is 1. The van der Waals surface area contributed by atoms with Crippen LogP contribution in [0, 0.1) is 19.3 Å². The van der Waals surface area contributed by atoms with Gasteiger partial charge in [0.15, 0.2) is 0 Å². The third-order valence-electron chi connectivity index (χ3n) is 14.0. The van der Waals surface area contributed by atoms with Gasteiger partial charge in [-0.15, -0.1) is 0 Å². The summed E-state index contributed by atoms with van der Waals surface area (Å²) in [6.45, 7) is 56.1. The van der Waals surface area contributed by atoms with Gasteiger partial charge in [0.2, 0.25) is 0 Å². The van der Waals surface area contributed by atoms with E-state index in [4.69, 9.17) is 9.05 Å². The summed E-state index contributed by atoms with van der Waals surface area (Å²) in [5.74, 6) is 0. The average molecular weight is 999 g/mol. The molecule has 10 heteroatoms. The van der Waals surface area contributed by atoms with Gasteiger partial charge in [-0.1, -0.05) is 208 Å². The molecule has 0 aliphatic heterocycles. The van der Waals surface area contributed by atoms with Gasteiger partial charge in [0.05, 0.1) is 6.61 Å². The number of unbranched alkanes of at least 4 members (excludes halogenated alkanes) is 1. The summed E-state index contributed by atoms with van der Waals surface area (Å²) in [4.78, 5) is 40.7. The van der Waals surface area contributed by atoms with Crippen LogP contribution in [-0.2, 0) is 57.1 Å². The van der Waals surface area contributed by atoms with Crippen LogP contribution in [-0.4, -0.2) is 31.3 Å². The summed E-state index contributed by atoms with van der Waals surface area (Å²) in [6, 6.07) is 13.5. The van der Waals surface area contributed by atoms with Crippen molar-refractivity contribution >= 4 is 16.4 Å². The van der Waals surface area contributed by atoms with E-state index >= 15 is 0 Å². The molecule has 2 atom stereocenters. The molecule has 2 unspecified atom stereocenters. The standard InChI is InChI=1S/C32H51O3P.C27H49O5P/c1-20-16-22(28(3,4)5)18-24(30(9,10)11)26(20)32(15,35-36(33)34)27-21(2)17-23(29(6,7)8)19-25(27)31(12,13)14;1-12-14-15-27(13-2,18-28)23(32-33(29,30)31)22-20(25(6,7)8)16-19(24(3,4)5)17-21(22)26(9,10)11/h16-19,33-34H,1-15H3;16-17,23,28H,12-15,18H2,1-11H3,(H2,29,30,31). The van der Waals surface area contributed by atoms with Crippen molar-refractivity contribution in [2.24, 2.45) is 5.41 Å². The van der Waals surface area contributed by atoms with E-state index in [0.29, 0.717) is 12.8 Å². The van der Waals surface area contributed by atoms with E-state index in [1.807, 2.05) is 13.8 Å². The number of aryl methyl sites for hydroxylation is 2. The van der Waals surface area contributed by atoms with E-state index < -0.39 is 33.5 Å². The molecule has 0 bridgehead atoms. The highest BCUT2D eigenvalue weighted by Crippen LogP contribution is 2.57. The SMILES string of the molecule is CCCCC(CC)(CO)C(OP(=O)(O)O)c1c(C(C)(C)C)cc(C(C)(C)C)cc1C(C)(C)C.Cc1cc(C(C)(C)C)cc(C(C)(C)C)c1C(C)(OP(O)O)c1c(C)cc(C(C)(C)C)cc1C(C)(C)C. The van der Waals surface area contributed by atoms with Gasteiger partial charge in [0, 0.05) is 5.41 Å². The fourth-order valence-electron chi connectivity index (χ4n) is 9.78. The number of aliphatic hydroxyl groups excluding tert-OH is 1. The first kappa shape index (κ1) is 63.2.